The molecule has 2 amide bonds. The number of benzene rings is 2. The van der Waals surface area contributed by atoms with Gasteiger partial charge in [0.2, 0.25) is 5.91 Å². The second-order valence-corrected chi connectivity index (χ2v) is 11.0. The first-order chi connectivity index (χ1) is 19.1. The fourth-order valence-electron chi connectivity index (χ4n) is 5.07. The quantitative estimate of drug-likeness (QED) is 0.280. The number of fused-ring (bicyclic) bond motifs is 1. The normalized spacial score (nSPS) is 17.2. The van der Waals surface area contributed by atoms with Crippen molar-refractivity contribution < 1.29 is 28.6 Å². The maximum absolute atomic E-state index is 13.7. The van der Waals surface area contributed by atoms with Gasteiger partial charge in [-0.15, -0.1) is 0 Å². The molecule has 0 unspecified atom stereocenters. The lowest BCUT2D eigenvalue weighted by atomic mass is 9.91. The number of esters is 1. The van der Waals surface area contributed by atoms with E-state index in [1.165, 1.54) is 4.90 Å². The second kappa shape index (κ2) is 12.6. The maximum Gasteiger partial charge on any atom is 0.410 e. The molecule has 1 fully saturated rings. The van der Waals surface area contributed by atoms with Crippen LogP contribution in [0.4, 0.5) is 10.5 Å². The summed E-state index contributed by atoms with van der Waals surface area (Å²) in [5.74, 6) is -0.870. The molecule has 1 aliphatic heterocycles. The van der Waals surface area contributed by atoms with Crippen molar-refractivity contribution in [1.29, 1.82) is 0 Å². The fourth-order valence-corrected chi connectivity index (χ4v) is 5.07. The van der Waals surface area contributed by atoms with Crippen LogP contribution in [0.1, 0.15) is 62.5 Å². The summed E-state index contributed by atoms with van der Waals surface area (Å²) in [6.07, 6.45) is 0.772. The Balaban J connectivity index is 1.53. The van der Waals surface area contributed by atoms with Crippen molar-refractivity contribution in [3.8, 4) is 0 Å². The number of amides is 2. The molecule has 2 atom stereocenters. The van der Waals surface area contributed by atoms with E-state index < -0.39 is 23.7 Å². The third-order valence-electron chi connectivity index (χ3n) is 6.91. The first-order valence-electron chi connectivity index (χ1n) is 13.8. The first-order valence-corrected chi connectivity index (χ1v) is 13.8. The number of rotatable bonds is 9. The van der Waals surface area contributed by atoms with Gasteiger partial charge in [-0.25, -0.2) is 9.59 Å². The minimum atomic E-state index is -0.731. The fraction of sp³-hybridized carbons (Fsp3) is 0.452. The summed E-state index contributed by atoms with van der Waals surface area (Å²) < 4.78 is 18.1. The predicted molar refractivity (Wildman–Crippen MR) is 153 cm³/mol. The molecule has 0 radical (unpaired) electrons. The summed E-state index contributed by atoms with van der Waals surface area (Å²) in [4.78, 5) is 41.0. The summed E-state index contributed by atoms with van der Waals surface area (Å²) in [5, 5.41) is 3.80. The zero-order chi connectivity index (χ0) is 28.9. The number of nitrogens with one attached hydrogen (secondary N) is 1. The zero-order valence-electron chi connectivity index (χ0n) is 23.9. The molecule has 0 saturated carbocycles. The topological polar surface area (TPSA) is 99.1 Å². The van der Waals surface area contributed by atoms with E-state index in [1.54, 1.807) is 23.7 Å². The van der Waals surface area contributed by atoms with E-state index in [9.17, 15) is 14.4 Å². The second-order valence-electron chi connectivity index (χ2n) is 11.0. The number of likely N-dealkylation sites (tertiary alicyclic amines) is 1. The number of carbonyl (C=O) groups excluding carboxylic acids is 3. The van der Waals surface area contributed by atoms with Crippen LogP contribution in [-0.4, -0.2) is 65.4 Å². The largest absolute Gasteiger partial charge is 0.461 e. The van der Waals surface area contributed by atoms with Gasteiger partial charge in [-0.05, 0) is 63.9 Å². The van der Waals surface area contributed by atoms with Gasteiger partial charge in [0.05, 0.1) is 6.61 Å². The van der Waals surface area contributed by atoms with E-state index in [4.69, 9.17) is 14.2 Å². The molecule has 0 bridgehead atoms. The lowest BCUT2D eigenvalue weighted by Crippen LogP contribution is -2.47. The Hall–Kier alpha value is -3.85. The average molecular weight is 550 g/mol. The van der Waals surface area contributed by atoms with E-state index in [2.05, 4.69) is 5.32 Å². The summed E-state index contributed by atoms with van der Waals surface area (Å²) in [5.41, 5.74) is 2.14. The third-order valence-corrected chi connectivity index (χ3v) is 6.91. The van der Waals surface area contributed by atoms with Crippen molar-refractivity contribution in [2.45, 2.75) is 58.1 Å². The van der Waals surface area contributed by atoms with Gasteiger partial charge >= 0.3 is 12.1 Å². The Bertz CT molecular complexity index is 1340. The molecule has 2 heterocycles. The monoisotopic (exact) mass is 549 g/mol. The number of hydrogen-bond donors (Lipinski definition) is 1. The van der Waals surface area contributed by atoms with Gasteiger partial charge in [0.1, 0.15) is 17.3 Å². The average Bonchev–Trinajstić information content (AvgIpc) is 3.50. The molecule has 1 aromatic heterocycles. The van der Waals surface area contributed by atoms with Gasteiger partial charge in [0.15, 0.2) is 0 Å². The number of hydrogen-bond acceptors (Lipinski definition) is 6. The maximum atomic E-state index is 13.7. The lowest BCUT2D eigenvalue weighted by Gasteiger charge is -2.30. The smallest absolute Gasteiger partial charge is 0.410 e. The minimum Gasteiger partial charge on any atom is -0.461 e. The molecule has 3 aromatic rings. The molecule has 1 saturated heterocycles. The Morgan fingerprint density at radius 3 is 2.48 bits per heavy atom. The summed E-state index contributed by atoms with van der Waals surface area (Å²) in [6, 6.07) is 16.3. The van der Waals surface area contributed by atoms with Crippen molar-refractivity contribution in [2.75, 3.05) is 31.7 Å². The minimum absolute atomic E-state index is 0.168. The van der Waals surface area contributed by atoms with E-state index in [1.807, 2.05) is 70.2 Å². The standard InChI is InChI=1S/C31H39N3O6/c1-6-38-17-10-18-39-29(36)26-20-22-19-23(13-14-25(22)33(26)5)32-28(35)27-24(21-11-8-7-9-12-21)15-16-34(27)30(37)40-31(2,3)4/h7-9,11-14,19-20,24,27H,6,10,15-18H2,1-5H3,(H,32,35)/t24-,27-/m0/s1. The van der Waals surface area contributed by atoms with Gasteiger partial charge in [0.25, 0.3) is 0 Å². The van der Waals surface area contributed by atoms with Gasteiger partial charge in [-0.3, -0.25) is 9.69 Å². The van der Waals surface area contributed by atoms with Crippen LogP contribution in [0.5, 0.6) is 0 Å². The van der Waals surface area contributed by atoms with Crippen LogP contribution in [0.3, 0.4) is 0 Å². The SMILES string of the molecule is CCOCCCOC(=O)c1cc2cc(NC(=O)[C@@H]3[C@H](c4ccccc4)CCN3C(=O)OC(C)(C)C)ccc2n1C. The highest BCUT2D eigenvalue weighted by atomic mass is 16.6. The number of anilines is 1. The number of nitrogens with zero attached hydrogens (tertiary/aromatic N) is 2. The first kappa shape index (κ1) is 29.1. The van der Waals surface area contributed by atoms with E-state index in [0.717, 1.165) is 16.5 Å². The summed E-state index contributed by atoms with van der Waals surface area (Å²) in [7, 11) is 1.80. The molecule has 2 aromatic carbocycles. The van der Waals surface area contributed by atoms with Crippen molar-refractivity contribution in [1.82, 2.24) is 9.47 Å². The van der Waals surface area contributed by atoms with Crippen LogP contribution in [0.15, 0.2) is 54.6 Å². The van der Waals surface area contributed by atoms with E-state index >= 15 is 0 Å². The molecule has 4 rings (SSSR count). The van der Waals surface area contributed by atoms with Crippen LogP contribution >= 0.6 is 0 Å². The Labute approximate surface area is 235 Å². The molecule has 9 nitrogen and oxygen atoms in total. The van der Waals surface area contributed by atoms with Crippen LogP contribution in [-0.2, 0) is 26.1 Å². The number of aryl methyl sites for hydroxylation is 1. The molecule has 40 heavy (non-hydrogen) atoms. The van der Waals surface area contributed by atoms with Gasteiger partial charge < -0.3 is 24.1 Å². The van der Waals surface area contributed by atoms with Crippen molar-refractivity contribution in [3.05, 3.63) is 65.9 Å². The highest BCUT2D eigenvalue weighted by Gasteiger charge is 2.44. The Kier molecular flexibility index (Phi) is 9.14. The molecule has 9 heteroatoms. The van der Waals surface area contributed by atoms with Gasteiger partial charge in [-0.1, -0.05) is 30.3 Å². The van der Waals surface area contributed by atoms with Gasteiger partial charge in [0, 0.05) is 55.7 Å². The number of aromatic nitrogens is 1. The van der Waals surface area contributed by atoms with Crippen molar-refractivity contribution in [2.24, 2.45) is 7.05 Å². The number of ether oxygens (including phenoxy) is 3. The summed E-state index contributed by atoms with van der Waals surface area (Å²) in [6.45, 7) is 9.22. The van der Waals surface area contributed by atoms with Crippen LogP contribution in [0.25, 0.3) is 10.9 Å². The van der Waals surface area contributed by atoms with E-state index in [-0.39, 0.29) is 18.4 Å². The van der Waals surface area contributed by atoms with Crippen LogP contribution < -0.4 is 5.32 Å². The zero-order valence-corrected chi connectivity index (χ0v) is 23.9. The van der Waals surface area contributed by atoms with E-state index in [0.29, 0.717) is 44.0 Å². The predicted octanol–water partition coefficient (Wildman–Crippen LogP) is 5.49. The van der Waals surface area contributed by atoms with Gasteiger partial charge in [-0.2, -0.15) is 0 Å². The summed E-state index contributed by atoms with van der Waals surface area (Å²) >= 11 is 0. The van der Waals surface area contributed by atoms with Crippen LogP contribution in [0.2, 0.25) is 0 Å². The molecule has 1 aliphatic rings. The molecule has 0 spiro atoms. The Morgan fingerprint density at radius 1 is 1.02 bits per heavy atom. The van der Waals surface area contributed by atoms with Crippen molar-refractivity contribution in [3.63, 3.8) is 0 Å². The highest BCUT2D eigenvalue weighted by Crippen LogP contribution is 2.35. The molecule has 1 N–H and O–H groups in total. The molecular weight excluding hydrogens is 510 g/mol. The molecule has 0 aliphatic carbocycles. The Morgan fingerprint density at radius 2 is 1.77 bits per heavy atom. The number of carbonyl (C=O) groups is 3. The lowest BCUT2D eigenvalue weighted by molar-refractivity contribution is -0.120. The molecular formula is C31H39N3O6. The van der Waals surface area contributed by atoms with Crippen LogP contribution in [0, 0.1) is 0 Å². The third kappa shape index (κ3) is 6.83. The molecule has 214 valence electrons. The highest BCUT2D eigenvalue weighted by molar-refractivity contribution is 6.01. The van der Waals surface area contributed by atoms with Crippen molar-refractivity contribution >= 4 is 34.6 Å².